The SMILES string of the molecule is O=c1ccn([C@@H]2O[C@H](COC(c3ccccc3)(c3ccccc3)c3ccccc3)[C@@H](N3CCOCC3)[C@@H]2O)c(=O)[nH]1. The molecule has 2 N–H and O–H groups in total. The van der Waals surface area contributed by atoms with Crippen LogP contribution in [-0.2, 0) is 19.8 Å². The monoisotopic (exact) mass is 555 g/mol. The smallest absolute Gasteiger partial charge is 0.330 e. The maximum Gasteiger partial charge on any atom is 0.330 e. The van der Waals surface area contributed by atoms with Gasteiger partial charge in [0.2, 0.25) is 0 Å². The van der Waals surface area contributed by atoms with E-state index in [0.717, 1.165) is 16.7 Å². The highest BCUT2D eigenvalue weighted by molar-refractivity contribution is 5.47. The molecule has 2 fully saturated rings. The first-order chi connectivity index (χ1) is 20.1. The van der Waals surface area contributed by atoms with Crippen molar-refractivity contribution in [3.8, 4) is 0 Å². The third-order valence-corrected chi connectivity index (χ3v) is 7.93. The average Bonchev–Trinajstić information content (AvgIpc) is 3.35. The Morgan fingerprint density at radius 1 is 0.829 bits per heavy atom. The summed E-state index contributed by atoms with van der Waals surface area (Å²) in [4.78, 5) is 28.8. The molecule has 2 saturated heterocycles. The van der Waals surface area contributed by atoms with Crippen molar-refractivity contribution in [1.82, 2.24) is 14.5 Å². The second-order valence-electron chi connectivity index (χ2n) is 10.3. The Labute approximate surface area is 237 Å². The number of nitrogens with zero attached hydrogens (tertiary/aromatic N) is 2. The summed E-state index contributed by atoms with van der Waals surface area (Å²) in [6.45, 7) is 2.39. The van der Waals surface area contributed by atoms with Crippen LogP contribution < -0.4 is 11.2 Å². The Kier molecular flexibility index (Phi) is 7.95. The second-order valence-corrected chi connectivity index (χ2v) is 10.3. The highest BCUT2D eigenvalue weighted by atomic mass is 16.6. The van der Waals surface area contributed by atoms with Gasteiger partial charge in [-0.15, -0.1) is 0 Å². The van der Waals surface area contributed by atoms with Crippen LogP contribution >= 0.6 is 0 Å². The maximum atomic E-state index is 12.7. The first-order valence-corrected chi connectivity index (χ1v) is 13.9. The molecular formula is C32H33N3O6. The molecule has 0 radical (unpaired) electrons. The van der Waals surface area contributed by atoms with E-state index in [-0.39, 0.29) is 6.61 Å². The van der Waals surface area contributed by atoms with E-state index in [9.17, 15) is 14.7 Å². The topological polar surface area (TPSA) is 106 Å². The predicted molar refractivity (Wildman–Crippen MR) is 153 cm³/mol. The number of morpholine rings is 1. The fraction of sp³-hybridized carbons (Fsp3) is 0.312. The fourth-order valence-corrected chi connectivity index (χ4v) is 6.03. The largest absolute Gasteiger partial charge is 0.387 e. The molecule has 3 aromatic carbocycles. The van der Waals surface area contributed by atoms with E-state index in [0.29, 0.717) is 26.3 Å². The Morgan fingerprint density at radius 2 is 1.37 bits per heavy atom. The van der Waals surface area contributed by atoms with Crippen molar-refractivity contribution in [2.24, 2.45) is 0 Å². The van der Waals surface area contributed by atoms with Crippen LogP contribution in [0.5, 0.6) is 0 Å². The first-order valence-electron chi connectivity index (χ1n) is 13.9. The van der Waals surface area contributed by atoms with Crippen molar-refractivity contribution in [2.45, 2.75) is 30.1 Å². The van der Waals surface area contributed by atoms with Crippen molar-refractivity contribution >= 4 is 0 Å². The van der Waals surface area contributed by atoms with Crippen LogP contribution in [0, 0.1) is 0 Å². The summed E-state index contributed by atoms with van der Waals surface area (Å²) in [6, 6.07) is 30.9. The van der Waals surface area contributed by atoms with Gasteiger partial charge >= 0.3 is 5.69 Å². The molecule has 0 amide bonds. The lowest BCUT2D eigenvalue weighted by atomic mass is 9.80. The number of ether oxygens (including phenoxy) is 3. The summed E-state index contributed by atoms with van der Waals surface area (Å²) in [7, 11) is 0. The lowest BCUT2D eigenvalue weighted by Gasteiger charge is -2.39. The number of aromatic nitrogens is 2. The molecule has 1 aromatic heterocycles. The number of H-pyrrole nitrogens is 1. The van der Waals surface area contributed by atoms with Gasteiger partial charge in [0.25, 0.3) is 5.56 Å². The van der Waals surface area contributed by atoms with Crippen LogP contribution in [0.3, 0.4) is 0 Å². The number of benzene rings is 3. The first kappa shape index (κ1) is 27.3. The summed E-state index contributed by atoms with van der Waals surface area (Å²) in [5, 5.41) is 11.6. The van der Waals surface area contributed by atoms with E-state index in [1.54, 1.807) is 0 Å². The molecular weight excluding hydrogens is 522 g/mol. The highest BCUT2D eigenvalue weighted by Crippen LogP contribution is 2.42. The van der Waals surface area contributed by atoms with Crippen molar-refractivity contribution in [2.75, 3.05) is 32.9 Å². The van der Waals surface area contributed by atoms with E-state index in [2.05, 4.69) is 9.88 Å². The van der Waals surface area contributed by atoms with E-state index in [4.69, 9.17) is 14.2 Å². The molecule has 212 valence electrons. The molecule has 9 nitrogen and oxygen atoms in total. The van der Waals surface area contributed by atoms with Gasteiger partial charge < -0.3 is 19.3 Å². The second kappa shape index (κ2) is 11.9. The van der Waals surface area contributed by atoms with Gasteiger partial charge in [0.1, 0.15) is 17.8 Å². The molecule has 0 saturated carbocycles. The Balaban J connectivity index is 1.41. The zero-order chi connectivity index (χ0) is 28.2. The van der Waals surface area contributed by atoms with Gasteiger partial charge in [-0.3, -0.25) is 19.2 Å². The molecule has 2 aliphatic heterocycles. The summed E-state index contributed by atoms with van der Waals surface area (Å²) in [6.07, 6.45) is -1.29. The number of aromatic amines is 1. The number of aliphatic hydroxyl groups is 1. The molecule has 4 atom stereocenters. The number of nitrogens with one attached hydrogen (secondary N) is 1. The standard InChI is InChI=1S/C32H33N3O6/c36-27-16-17-35(31(38)33-27)30-29(37)28(34-18-20-39-21-19-34)26(41-30)22-40-32(23-10-4-1-5-11-23,24-12-6-2-7-13-24)25-14-8-3-9-15-25/h1-17,26,28-30,37H,18-22H2,(H,33,36,38)/t26-,28-,29+,30-/m1/s1. The zero-order valence-corrected chi connectivity index (χ0v) is 22.5. The summed E-state index contributed by atoms with van der Waals surface area (Å²) < 4.78 is 20.3. The fourth-order valence-electron chi connectivity index (χ4n) is 6.03. The van der Waals surface area contributed by atoms with Gasteiger partial charge in [-0.1, -0.05) is 91.0 Å². The molecule has 2 aliphatic rings. The van der Waals surface area contributed by atoms with Crippen LogP contribution in [0.1, 0.15) is 22.9 Å². The predicted octanol–water partition coefficient (Wildman–Crippen LogP) is 2.50. The lowest BCUT2D eigenvalue weighted by Crippen LogP contribution is -2.53. The highest BCUT2D eigenvalue weighted by Gasteiger charge is 2.49. The molecule has 41 heavy (non-hydrogen) atoms. The average molecular weight is 556 g/mol. The minimum Gasteiger partial charge on any atom is -0.387 e. The quantitative estimate of drug-likeness (QED) is 0.322. The van der Waals surface area contributed by atoms with Gasteiger partial charge in [-0.2, -0.15) is 0 Å². The molecule has 0 aliphatic carbocycles. The number of hydrogen-bond acceptors (Lipinski definition) is 7. The van der Waals surface area contributed by atoms with Gasteiger partial charge in [0.15, 0.2) is 6.23 Å². The molecule has 4 aromatic rings. The van der Waals surface area contributed by atoms with E-state index in [1.807, 2.05) is 91.0 Å². The zero-order valence-electron chi connectivity index (χ0n) is 22.5. The number of hydrogen-bond donors (Lipinski definition) is 2. The summed E-state index contributed by atoms with van der Waals surface area (Å²) in [5.41, 5.74) is 0.727. The number of aliphatic hydroxyl groups excluding tert-OH is 1. The van der Waals surface area contributed by atoms with Gasteiger partial charge in [-0.25, -0.2) is 4.79 Å². The molecule has 6 rings (SSSR count). The van der Waals surface area contributed by atoms with Gasteiger partial charge in [-0.05, 0) is 16.7 Å². The van der Waals surface area contributed by atoms with E-state index in [1.165, 1.54) is 16.8 Å². The number of rotatable bonds is 8. The van der Waals surface area contributed by atoms with Crippen molar-refractivity contribution in [1.29, 1.82) is 0 Å². The minimum absolute atomic E-state index is 0.117. The van der Waals surface area contributed by atoms with Crippen LogP contribution in [0.4, 0.5) is 0 Å². The molecule has 0 bridgehead atoms. The third-order valence-electron chi connectivity index (χ3n) is 7.93. The van der Waals surface area contributed by atoms with Gasteiger partial charge in [0.05, 0.1) is 25.9 Å². The van der Waals surface area contributed by atoms with Gasteiger partial charge in [0, 0.05) is 25.4 Å². The molecule has 0 spiro atoms. The van der Waals surface area contributed by atoms with Crippen LogP contribution in [0.2, 0.25) is 0 Å². The van der Waals surface area contributed by atoms with Crippen molar-refractivity contribution in [3.05, 3.63) is 141 Å². The summed E-state index contributed by atoms with van der Waals surface area (Å²) in [5.74, 6) is 0. The minimum atomic E-state index is -1.05. The van der Waals surface area contributed by atoms with Crippen LogP contribution in [0.25, 0.3) is 0 Å². The van der Waals surface area contributed by atoms with Crippen LogP contribution in [0.15, 0.2) is 113 Å². The maximum absolute atomic E-state index is 12.7. The molecule has 9 heteroatoms. The van der Waals surface area contributed by atoms with Crippen LogP contribution in [-0.4, -0.2) is 70.7 Å². The van der Waals surface area contributed by atoms with E-state index < -0.39 is 41.3 Å². The van der Waals surface area contributed by atoms with E-state index >= 15 is 0 Å². The lowest BCUT2D eigenvalue weighted by molar-refractivity contribution is -0.0956. The normalized spacial score (nSPS) is 23.4. The Bertz CT molecular complexity index is 1440. The third kappa shape index (κ3) is 5.30. The summed E-state index contributed by atoms with van der Waals surface area (Å²) >= 11 is 0. The Morgan fingerprint density at radius 3 is 1.88 bits per heavy atom. The van der Waals surface area contributed by atoms with Crippen molar-refractivity contribution in [3.63, 3.8) is 0 Å². The molecule has 3 heterocycles. The molecule has 0 unspecified atom stereocenters. The Hall–Kier alpha value is -3.86. The van der Waals surface area contributed by atoms with Crippen molar-refractivity contribution < 1.29 is 19.3 Å².